The van der Waals surface area contributed by atoms with E-state index in [2.05, 4.69) is 15.2 Å². The van der Waals surface area contributed by atoms with Gasteiger partial charge in [0.05, 0.1) is 0 Å². The van der Waals surface area contributed by atoms with E-state index in [0.717, 1.165) is 0 Å². The molecule has 7 nitrogen and oxygen atoms in total. The molecular formula is C13H12N4O3. The minimum absolute atomic E-state index is 0.149. The molecule has 0 fully saturated rings. The van der Waals surface area contributed by atoms with Crippen molar-refractivity contribution >= 4 is 5.65 Å². The van der Waals surface area contributed by atoms with Crippen molar-refractivity contribution in [2.75, 3.05) is 0 Å². The van der Waals surface area contributed by atoms with E-state index in [1.165, 1.54) is 4.40 Å². The van der Waals surface area contributed by atoms with E-state index in [9.17, 15) is 9.90 Å². The van der Waals surface area contributed by atoms with Gasteiger partial charge in [-0.2, -0.15) is 10.1 Å². The van der Waals surface area contributed by atoms with Gasteiger partial charge in [0.2, 0.25) is 5.88 Å². The minimum atomic E-state index is -0.343. The van der Waals surface area contributed by atoms with Crippen LogP contribution >= 0.6 is 0 Å². The summed E-state index contributed by atoms with van der Waals surface area (Å²) in [7, 11) is 0. The van der Waals surface area contributed by atoms with Gasteiger partial charge in [-0.05, 0) is 26.0 Å². The number of hydrogen-bond donors (Lipinski definition) is 2. The van der Waals surface area contributed by atoms with Crippen LogP contribution in [0.4, 0.5) is 0 Å². The third-order valence-electron chi connectivity index (χ3n) is 3.02. The number of aromatic hydroxyl groups is 1. The number of nitrogens with zero attached hydrogens (tertiary/aromatic N) is 3. The van der Waals surface area contributed by atoms with Gasteiger partial charge < -0.3 is 9.84 Å². The number of aromatic nitrogens is 4. The molecule has 2 aromatic heterocycles. The highest BCUT2D eigenvalue weighted by Gasteiger charge is 2.10. The van der Waals surface area contributed by atoms with Crippen LogP contribution in [0.1, 0.15) is 11.4 Å². The number of phenols is 1. The molecule has 0 amide bonds. The fourth-order valence-corrected chi connectivity index (χ4v) is 1.95. The number of aryl methyl sites for hydroxylation is 1. The van der Waals surface area contributed by atoms with Gasteiger partial charge in [0, 0.05) is 11.6 Å². The molecule has 0 radical (unpaired) electrons. The minimum Gasteiger partial charge on any atom is -0.508 e. The van der Waals surface area contributed by atoms with Gasteiger partial charge in [-0.3, -0.25) is 0 Å². The van der Waals surface area contributed by atoms with Crippen LogP contribution in [-0.2, 0) is 0 Å². The lowest BCUT2D eigenvalue weighted by molar-refractivity contribution is 0.437. The molecular weight excluding hydrogens is 260 g/mol. The Bertz CT molecular complexity index is 850. The van der Waals surface area contributed by atoms with Gasteiger partial charge in [0.25, 0.3) is 0 Å². The van der Waals surface area contributed by atoms with E-state index in [1.54, 1.807) is 38.1 Å². The first-order valence-corrected chi connectivity index (χ1v) is 5.97. The zero-order chi connectivity index (χ0) is 14.3. The number of ether oxygens (including phenoxy) is 1. The van der Waals surface area contributed by atoms with Crippen LogP contribution in [0, 0.1) is 13.8 Å². The fraction of sp³-hybridized carbons (Fsp3) is 0.154. The highest BCUT2D eigenvalue weighted by Crippen LogP contribution is 2.29. The predicted octanol–water partition coefficient (Wildman–Crippen LogP) is 1.53. The van der Waals surface area contributed by atoms with Crippen molar-refractivity contribution in [1.82, 2.24) is 19.6 Å². The van der Waals surface area contributed by atoms with E-state index in [-0.39, 0.29) is 11.4 Å². The second-order valence-electron chi connectivity index (χ2n) is 4.37. The second-order valence-corrected chi connectivity index (χ2v) is 4.37. The molecule has 0 unspecified atom stereocenters. The first-order valence-electron chi connectivity index (χ1n) is 5.97. The Hall–Kier alpha value is -2.83. The average Bonchev–Trinajstić information content (AvgIpc) is 2.77. The Morgan fingerprint density at radius 1 is 1.35 bits per heavy atom. The van der Waals surface area contributed by atoms with E-state index < -0.39 is 0 Å². The van der Waals surface area contributed by atoms with Crippen LogP contribution in [0.5, 0.6) is 17.4 Å². The molecule has 0 aliphatic rings. The first-order chi connectivity index (χ1) is 9.56. The Kier molecular flexibility index (Phi) is 2.67. The number of fused-ring (bicyclic) bond motifs is 1. The molecule has 0 bridgehead atoms. The Balaban J connectivity index is 2.07. The second kappa shape index (κ2) is 4.37. The molecule has 7 heteroatoms. The van der Waals surface area contributed by atoms with Crippen LogP contribution < -0.4 is 10.4 Å². The first kappa shape index (κ1) is 12.2. The van der Waals surface area contributed by atoms with Crippen molar-refractivity contribution in [2.24, 2.45) is 0 Å². The van der Waals surface area contributed by atoms with Gasteiger partial charge in [-0.1, -0.05) is 6.07 Å². The summed E-state index contributed by atoms with van der Waals surface area (Å²) >= 11 is 0. The summed E-state index contributed by atoms with van der Waals surface area (Å²) in [4.78, 5) is 15.7. The van der Waals surface area contributed by atoms with Gasteiger partial charge >= 0.3 is 5.69 Å². The maximum Gasteiger partial charge on any atom is 0.349 e. The maximum absolute atomic E-state index is 11.5. The quantitative estimate of drug-likeness (QED) is 0.738. The third kappa shape index (κ3) is 1.89. The molecule has 0 atom stereocenters. The lowest BCUT2D eigenvalue weighted by atomic mass is 10.2. The summed E-state index contributed by atoms with van der Waals surface area (Å²) < 4.78 is 7.00. The third-order valence-corrected chi connectivity index (χ3v) is 3.02. The largest absolute Gasteiger partial charge is 0.508 e. The molecule has 3 rings (SSSR count). The summed E-state index contributed by atoms with van der Waals surface area (Å²) in [6.45, 7) is 3.43. The van der Waals surface area contributed by atoms with Crippen LogP contribution in [0.3, 0.4) is 0 Å². The van der Waals surface area contributed by atoms with Crippen molar-refractivity contribution in [3.8, 4) is 17.4 Å². The highest BCUT2D eigenvalue weighted by atomic mass is 16.5. The van der Waals surface area contributed by atoms with Crippen molar-refractivity contribution < 1.29 is 9.84 Å². The number of aromatic amines is 1. The van der Waals surface area contributed by atoms with E-state index in [0.29, 0.717) is 28.7 Å². The molecule has 0 saturated heterocycles. The molecule has 0 saturated carbocycles. The SMILES string of the molecule is Cc1c(O)cccc1Oc1cc2n[nH]c(=O)n2c(C)n1. The summed E-state index contributed by atoms with van der Waals surface area (Å²) in [5.41, 5.74) is 0.701. The number of hydrogen-bond acceptors (Lipinski definition) is 5. The zero-order valence-electron chi connectivity index (χ0n) is 10.9. The van der Waals surface area contributed by atoms with E-state index >= 15 is 0 Å². The van der Waals surface area contributed by atoms with Crippen LogP contribution in [0.2, 0.25) is 0 Å². The molecule has 0 aliphatic heterocycles. The van der Waals surface area contributed by atoms with Gasteiger partial charge in [0.15, 0.2) is 5.65 Å². The van der Waals surface area contributed by atoms with E-state index in [1.807, 2.05) is 0 Å². The average molecular weight is 272 g/mol. The molecule has 20 heavy (non-hydrogen) atoms. The maximum atomic E-state index is 11.5. The summed E-state index contributed by atoms with van der Waals surface area (Å²) in [5, 5.41) is 15.9. The standard InChI is InChI=1S/C13H12N4O3/c1-7-9(18)4-3-5-10(7)20-12-6-11-15-16-13(19)17(11)8(2)14-12/h3-6,18H,1-2H3,(H,16,19). The zero-order valence-corrected chi connectivity index (χ0v) is 10.9. The van der Waals surface area contributed by atoms with Gasteiger partial charge in [-0.15, -0.1) is 0 Å². The predicted molar refractivity (Wildman–Crippen MR) is 71.3 cm³/mol. The van der Waals surface area contributed by atoms with Crippen LogP contribution in [0.15, 0.2) is 29.1 Å². The van der Waals surface area contributed by atoms with Gasteiger partial charge in [0.1, 0.15) is 17.3 Å². The number of phenolic OH excluding ortho intramolecular Hbond substituents is 1. The Morgan fingerprint density at radius 3 is 2.95 bits per heavy atom. The summed E-state index contributed by atoms with van der Waals surface area (Å²) in [6, 6.07) is 6.54. The number of benzene rings is 1. The molecule has 3 aromatic rings. The fourth-order valence-electron chi connectivity index (χ4n) is 1.95. The van der Waals surface area contributed by atoms with Crippen LogP contribution in [-0.4, -0.2) is 24.7 Å². The molecule has 102 valence electrons. The summed E-state index contributed by atoms with van der Waals surface area (Å²) in [6.07, 6.45) is 0. The molecule has 2 heterocycles. The lowest BCUT2D eigenvalue weighted by Gasteiger charge is -2.09. The monoisotopic (exact) mass is 272 g/mol. The molecule has 0 aliphatic carbocycles. The normalized spacial score (nSPS) is 10.9. The smallest absolute Gasteiger partial charge is 0.349 e. The number of H-pyrrole nitrogens is 1. The van der Waals surface area contributed by atoms with E-state index in [4.69, 9.17) is 4.74 Å². The highest BCUT2D eigenvalue weighted by molar-refractivity contribution is 5.46. The topological polar surface area (TPSA) is 92.5 Å². The van der Waals surface area contributed by atoms with Crippen molar-refractivity contribution in [3.05, 3.63) is 46.1 Å². The molecule has 1 aromatic carbocycles. The van der Waals surface area contributed by atoms with Crippen molar-refractivity contribution in [3.63, 3.8) is 0 Å². The lowest BCUT2D eigenvalue weighted by Crippen LogP contribution is -2.13. The number of nitrogens with one attached hydrogen (secondary N) is 1. The summed E-state index contributed by atoms with van der Waals surface area (Å²) in [5.74, 6) is 1.42. The van der Waals surface area contributed by atoms with Crippen molar-refractivity contribution in [1.29, 1.82) is 0 Å². The molecule has 0 spiro atoms. The Labute approximate surface area is 113 Å². The van der Waals surface area contributed by atoms with Crippen molar-refractivity contribution in [2.45, 2.75) is 13.8 Å². The number of rotatable bonds is 2. The Morgan fingerprint density at radius 2 is 2.15 bits per heavy atom. The van der Waals surface area contributed by atoms with Crippen LogP contribution in [0.25, 0.3) is 5.65 Å². The molecule has 2 N–H and O–H groups in total. The van der Waals surface area contributed by atoms with Gasteiger partial charge in [-0.25, -0.2) is 14.3 Å².